The lowest BCUT2D eigenvalue weighted by Crippen LogP contribution is -2.38. The number of methoxy groups -OCH3 is 1. The Bertz CT molecular complexity index is 1270. The van der Waals surface area contributed by atoms with E-state index < -0.39 is 16.9 Å². The lowest BCUT2D eigenvalue weighted by atomic mass is 9.92. The first-order chi connectivity index (χ1) is 17.4. The van der Waals surface area contributed by atoms with E-state index in [1.165, 1.54) is 31.0 Å². The highest BCUT2D eigenvalue weighted by atomic mass is 32.2. The fraction of sp³-hybridized carbons (Fsp3) is 0.280. The van der Waals surface area contributed by atoms with Gasteiger partial charge in [-0.3, -0.25) is 19.9 Å². The van der Waals surface area contributed by atoms with Gasteiger partial charge in [0.15, 0.2) is 5.17 Å². The van der Waals surface area contributed by atoms with Gasteiger partial charge in [-0.15, -0.1) is 0 Å². The number of nitrogens with zero attached hydrogens (tertiary/aromatic N) is 4. The highest BCUT2D eigenvalue weighted by Gasteiger charge is 2.41. The van der Waals surface area contributed by atoms with E-state index in [4.69, 9.17) is 4.74 Å². The fourth-order valence-corrected chi connectivity index (χ4v) is 5.08. The third-order valence-corrected chi connectivity index (χ3v) is 6.69. The molecule has 1 aromatic carbocycles. The van der Waals surface area contributed by atoms with Crippen molar-refractivity contribution >= 4 is 34.5 Å². The number of hydrogen-bond donors (Lipinski definition) is 1. The average Bonchev–Trinajstić information content (AvgIpc) is 3.29. The van der Waals surface area contributed by atoms with Gasteiger partial charge in [0.1, 0.15) is 0 Å². The van der Waals surface area contributed by atoms with Crippen molar-refractivity contribution in [2.24, 2.45) is 4.99 Å². The summed E-state index contributed by atoms with van der Waals surface area (Å²) in [6, 6.07) is 11.1. The number of allylic oxidation sites excluding steroid dienone is 1. The van der Waals surface area contributed by atoms with E-state index in [-0.39, 0.29) is 18.0 Å². The van der Waals surface area contributed by atoms with E-state index in [9.17, 15) is 19.7 Å². The molecule has 0 saturated carbocycles. The standard InChI is InChI=1S/C25H25N5O5S/c1-3-20-22(24(32)35-2)23(16-7-6-9-18(13-16)30(33)34)29-19(15-36-25(29)28-20)14-21(31)27-12-10-17-8-4-5-11-26-17/h4-9,11,13,15,23H,3,10,12,14H2,1-2H3,(H,27,31). The van der Waals surface area contributed by atoms with E-state index in [1.807, 2.05) is 30.5 Å². The lowest BCUT2D eigenvalue weighted by Gasteiger charge is -2.36. The molecule has 1 amide bonds. The first kappa shape index (κ1) is 25.1. The van der Waals surface area contributed by atoms with Crippen molar-refractivity contribution in [3.63, 3.8) is 0 Å². The van der Waals surface area contributed by atoms with Crippen LogP contribution in [-0.4, -0.2) is 45.5 Å². The van der Waals surface area contributed by atoms with Crippen molar-refractivity contribution in [1.29, 1.82) is 0 Å². The van der Waals surface area contributed by atoms with Crippen LogP contribution in [0.2, 0.25) is 0 Å². The van der Waals surface area contributed by atoms with Gasteiger partial charge in [-0.2, -0.15) is 0 Å². The maximum absolute atomic E-state index is 12.9. The second-order valence-electron chi connectivity index (χ2n) is 8.05. The number of aromatic nitrogens is 1. The van der Waals surface area contributed by atoms with Gasteiger partial charge in [-0.25, -0.2) is 9.79 Å². The maximum atomic E-state index is 12.9. The number of fused-ring (bicyclic) bond motifs is 1. The maximum Gasteiger partial charge on any atom is 0.338 e. The van der Waals surface area contributed by atoms with Crippen LogP contribution in [0.15, 0.2) is 76.0 Å². The Labute approximate surface area is 212 Å². The first-order valence-corrected chi connectivity index (χ1v) is 12.3. The average molecular weight is 508 g/mol. The van der Waals surface area contributed by atoms with Crippen LogP contribution in [-0.2, 0) is 20.7 Å². The van der Waals surface area contributed by atoms with Crippen LogP contribution in [0.25, 0.3) is 0 Å². The van der Waals surface area contributed by atoms with Crippen LogP contribution in [0.5, 0.6) is 0 Å². The number of esters is 1. The Morgan fingerprint density at radius 3 is 2.78 bits per heavy atom. The van der Waals surface area contributed by atoms with E-state index in [1.54, 1.807) is 23.2 Å². The zero-order valence-corrected chi connectivity index (χ0v) is 20.7. The number of hydrogen-bond acceptors (Lipinski definition) is 9. The number of carbonyl (C=O) groups excluding carboxylic acids is 2. The second kappa shape index (κ2) is 11.2. The van der Waals surface area contributed by atoms with Gasteiger partial charge in [0.2, 0.25) is 5.91 Å². The molecule has 186 valence electrons. The minimum atomic E-state index is -0.720. The van der Waals surface area contributed by atoms with Crippen LogP contribution in [0.1, 0.15) is 37.1 Å². The Balaban J connectivity index is 1.61. The molecule has 0 radical (unpaired) electrons. The summed E-state index contributed by atoms with van der Waals surface area (Å²) in [6.45, 7) is 2.31. The van der Waals surface area contributed by atoms with Crippen molar-refractivity contribution in [2.75, 3.05) is 13.7 Å². The van der Waals surface area contributed by atoms with Crippen LogP contribution in [0.4, 0.5) is 5.69 Å². The molecule has 0 spiro atoms. The summed E-state index contributed by atoms with van der Waals surface area (Å²) < 4.78 is 5.07. The number of nitro benzene ring substituents is 1. The van der Waals surface area contributed by atoms with Crippen LogP contribution >= 0.6 is 11.8 Å². The summed E-state index contributed by atoms with van der Waals surface area (Å²) in [5.41, 5.74) is 2.81. The molecule has 0 bridgehead atoms. The Kier molecular flexibility index (Phi) is 7.79. The van der Waals surface area contributed by atoms with Gasteiger partial charge in [-0.05, 0) is 29.5 Å². The zero-order chi connectivity index (χ0) is 25.7. The van der Waals surface area contributed by atoms with Crippen LogP contribution in [0.3, 0.4) is 0 Å². The van der Waals surface area contributed by atoms with E-state index in [0.29, 0.717) is 47.1 Å². The molecule has 2 aromatic rings. The fourth-order valence-electron chi connectivity index (χ4n) is 4.14. The molecule has 1 atom stereocenters. The minimum Gasteiger partial charge on any atom is -0.466 e. The van der Waals surface area contributed by atoms with Crippen molar-refractivity contribution in [3.05, 3.63) is 92.4 Å². The minimum absolute atomic E-state index is 0.0512. The molecule has 1 aromatic heterocycles. The SMILES string of the molecule is CCC1=C(C(=O)OC)C(c2cccc([N+](=O)[O-])c2)N2C(CC(=O)NCCc3ccccn3)=CSC2=N1. The molecule has 11 heteroatoms. The van der Waals surface area contributed by atoms with Crippen LogP contribution < -0.4 is 5.32 Å². The number of carbonyl (C=O) groups is 2. The van der Waals surface area contributed by atoms with E-state index in [2.05, 4.69) is 15.3 Å². The molecule has 4 rings (SSSR count). The molecule has 10 nitrogen and oxygen atoms in total. The number of amides is 1. The highest BCUT2D eigenvalue weighted by Crippen LogP contribution is 2.45. The van der Waals surface area contributed by atoms with Gasteiger partial charge in [0.25, 0.3) is 5.69 Å². The number of thioether (sulfide) groups is 1. The molecule has 36 heavy (non-hydrogen) atoms. The highest BCUT2D eigenvalue weighted by molar-refractivity contribution is 8.16. The number of ether oxygens (including phenoxy) is 1. The monoisotopic (exact) mass is 507 g/mol. The Hall–Kier alpha value is -3.99. The number of aliphatic imine (C=N–C) groups is 1. The number of rotatable bonds is 9. The van der Waals surface area contributed by atoms with Crippen LogP contribution in [0, 0.1) is 10.1 Å². The molecular weight excluding hydrogens is 482 g/mol. The van der Waals surface area contributed by atoms with Gasteiger partial charge >= 0.3 is 5.97 Å². The zero-order valence-electron chi connectivity index (χ0n) is 19.8. The van der Waals surface area contributed by atoms with E-state index in [0.717, 1.165) is 5.69 Å². The predicted molar refractivity (Wildman–Crippen MR) is 136 cm³/mol. The third kappa shape index (κ3) is 5.30. The van der Waals surface area contributed by atoms with Gasteiger partial charge < -0.3 is 15.0 Å². The summed E-state index contributed by atoms with van der Waals surface area (Å²) >= 11 is 1.35. The summed E-state index contributed by atoms with van der Waals surface area (Å²) in [5.74, 6) is -0.760. The molecule has 0 fully saturated rings. The van der Waals surface area contributed by atoms with E-state index >= 15 is 0 Å². The van der Waals surface area contributed by atoms with Gasteiger partial charge in [0.05, 0.1) is 35.8 Å². The summed E-state index contributed by atoms with van der Waals surface area (Å²) in [4.78, 5) is 47.4. The number of amidine groups is 1. The molecule has 2 aliphatic heterocycles. The molecule has 0 aliphatic carbocycles. The number of nitro groups is 1. The molecule has 3 heterocycles. The normalized spacial score (nSPS) is 16.7. The largest absolute Gasteiger partial charge is 0.466 e. The third-order valence-electron chi connectivity index (χ3n) is 5.80. The number of pyridine rings is 1. The van der Waals surface area contributed by atoms with Crippen molar-refractivity contribution in [2.45, 2.75) is 32.2 Å². The summed E-state index contributed by atoms with van der Waals surface area (Å²) in [6.07, 6.45) is 2.83. The predicted octanol–water partition coefficient (Wildman–Crippen LogP) is 3.88. The smallest absolute Gasteiger partial charge is 0.338 e. The number of non-ortho nitro benzene ring substituents is 1. The quantitative estimate of drug-likeness (QED) is 0.308. The topological polar surface area (TPSA) is 127 Å². The second-order valence-corrected chi connectivity index (χ2v) is 8.89. The molecule has 2 aliphatic rings. The molecule has 0 saturated heterocycles. The van der Waals surface area contributed by atoms with Crippen molar-refractivity contribution in [3.8, 4) is 0 Å². The van der Waals surface area contributed by atoms with Crippen molar-refractivity contribution in [1.82, 2.24) is 15.2 Å². The van der Waals surface area contributed by atoms with Gasteiger partial charge in [0, 0.05) is 42.7 Å². The molecule has 1 unspecified atom stereocenters. The summed E-state index contributed by atoms with van der Waals surface area (Å²) in [7, 11) is 1.29. The first-order valence-electron chi connectivity index (χ1n) is 11.4. The molecule has 1 N–H and O–H groups in total. The molecular formula is C25H25N5O5S. The van der Waals surface area contributed by atoms with Gasteiger partial charge in [-0.1, -0.05) is 36.9 Å². The number of benzene rings is 1. The lowest BCUT2D eigenvalue weighted by molar-refractivity contribution is -0.384. The summed E-state index contributed by atoms with van der Waals surface area (Å²) in [5, 5.41) is 16.8. The van der Waals surface area contributed by atoms with Crippen molar-refractivity contribution < 1.29 is 19.2 Å². The number of nitrogens with one attached hydrogen (secondary N) is 1. The Morgan fingerprint density at radius 1 is 1.25 bits per heavy atom. The Morgan fingerprint density at radius 2 is 2.08 bits per heavy atom.